The molecule has 0 aliphatic heterocycles. The Morgan fingerprint density at radius 2 is 2.00 bits per heavy atom. The molecule has 0 saturated carbocycles. The van der Waals surface area contributed by atoms with E-state index in [4.69, 9.17) is 0 Å². The molecule has 0 spiro atoms. The lowest BCUT2D eigenvalue weighted by atomic mass is 9.93. The molecule has 0 saturated heterocycles. The number of rotatable bonds is 7. The normalized spacial score (nSPS) is 14.7. The summed E-state index contributed by atoms with van der Waals surface area (Å²) >= 11 is 0. The molecule has 0 aliphatic rings. The van der Waals surface area contributed by atoms with Gasteiger partial charge >= 0.3 is 0 Å². The van der Waals surface area contributed by atoms with Gasteiger partial charge in [0, 0.05) is 12.5 Å². The highest BCUT2D eigenvalue weighted by Crippen LogP contribution is 2.19. The summed E-state index contributed by atoms with van der Waals surface area (Å²) in [7, 11) is 0. The van der Waals surface area contributed by atoms with Crippen LogP contribution >= 0.6 is 0 Å². The van der Waals surface area contributed by atoms with E-state index in [0.717, 1.165) is 12.6 Å². The number of benzene rings is 1. The number of halogens is 2. The van der Waals surface area contributed by atoms with Crippen molar-refractivity contribution in [3.63, 3.8) is 0 Å². The van der Waals surface area contributed by atoms with Gasteiger partial charge in [0.25, 0.3) is 0 Å². The van der Waals surface area contributed by atoms with E-state index in [2.05, 4.69) is 19.2 Å². The number of hydrogen-bond acceptors (Lipinski definition) is 2. The summed E-state index contributed by atoms with van der Waals surface area (Å²) in [4.78, 5) is 0. The maximum Gasteiger partial charge on any atom is 0.129 e. The Labute approximate surface area is 113 Å². The van der Waals surface area contributed by atoms with Crippen LogP contribution in [-0.2, 0) is 6.42 Å². The van der Waals surface area contributed by atoms with Crippen molar-refractivity contribution < 1.29 is 13.9 Å². The Morgan fingerprint density at radius 3 is 2.58 bits per heavy atom. The van der Waals surface area contributed by atoms with Crippen LogP contribution in [0.15, 0.2) is 18.2 Å². The first kappa shape index (κ1) is 16.1. The van der Waals surface area contributed by atoms with Crippen LogP contribution in [0.25, 0.3) is 0 Å². The van der Waals surface area contributed by atoms with Gasteiger partial charge < -0.3 is 10.4 Å². The highest BCUT2D eigenvalue weighted by molar-refractivity contribution is 5.20. The molecule has 0 bridgehead atoms. The maximum absolute atomic E-state index is 13.5. The molecule has 4 heteroatoms. The molecule has 0 heterocycles. The van der Waals surface area contributed by atoms with Crippen molar-refractivity contribution in [2.45, 2.75) is 39.2 Å². The smallest absolute Gasteiger partial charge is 0.129 e. The second kappa shape index (κ2) is 6.96. The molecular weight excluding hydrogens is 248 g/mol. The Bertz CT molecular complexity index is 405. The van der Waals surface area contributed by atoms with E-state index in [1.54, 1.807) is 6.92 Å². The van der Waals surface area contributed by atoms with Crippen LogP contribution in [0.4, 0.5) is 8.78 Å². The Kier molecular flexibility index (Phi) is 5.88. The molecule has 19 heavy (non-hydrogen) atoms. The van der Waals surface area contributed by atoms with Crippen LogP contribution in [0.5, 0.6) is 0 Å². The highest BCUT2D eigenvalue weighted by atomic mass is 19.1. The zero-order valence-corrected chi connectivity index (χ0v) is 11.8. The first-order chi connectivity index (χ1) is 8.80. The lowest BCUT2D eigenvalue weighted by Crippen LogP contribution is -2.33. The second-order valence-electron chi connectivity index (χ2n) is 5.76. The Balaban J connectivity index is 2.49. The summed E-state index contributed by atoms with van der Waals surface area (Å²) in [6.07, 6.45) is 0.707. The summed E-state index contributed by atoms with van der Waals surface area (Å²) in [6, 6.07) is 3.45. The topological polar surface area (TPSA) is 32.3 Å². The largest absolute Gasteiger partial charge is 0.390 e. The standard InChI is InChI=1S/C15H23F2NO/c1-11(2)10-18-7-6-15(3,19)9-12-4-5-13(16)8-14(12)17/h4-5,8,11,18-19H,6-7,9-10H2,1-3H3. The van der Waals surface area contributed by atoms with Crippen LogP contribution < -0.4 is 5.32 Å². The summed E-state index contributed by atoms with van der Waals surface area (Å²) < 4.78 is 26.3. The summed E-state index contributed by atoms with van der Waals surface area (Å²) in [5, 5.41) is 13.5. The second-order valence-corrected chi connectivity index (χ2v) is 5.76. The molecular formula is C15H23F2NO. The van der Waals surface area contributed by atoms with Gasteiger partial charge in [-0.3, -0.25) is 0 Å². The molecule has 0 aromatic heterocycles. The van der Waals surface area contributed by atoms with Gasteiger partial charge in [-0.2, -0.15) is 0 Å². The highest BCUT2D eigenvalue weighted by Gasteiger charge is 2.22. The van der Waals surface area contributed by atoms with Crippen molar-refractivity contribution >= 4 is 0 Å². The van der Waals surface area contributed by atoms with E-state index >= 15 is 0 Å². The van der Waals surface area contributed by atoms with Crippen LogP contribution in [-0.4, -0.2) is 23.8 Å². The molecule has 1 atom stereocenters. The fourth-order valence-electron chi connectivity index (χ4n) is 1.91. The Hall–Kier alpha value is -1.00. The van der Waals surface area contributed by atoms with Crippen molar-refractivity contribution in [3.05, 3.63) is 35.4 Å². The fraction of sp³-hybridized carbons (Fsp3) is 0.600. The average molecular weight is 271 g/mol. The van der Waals surface area contributed by atoms with Crippen molar-refractivity contribution in [2.24, 2.45) is 5.92 Å². The predicted molar refractivity (Wildman–Crippen MR) is 73.0 cm³/mol. The van der Waals surface area contributed by atoms with Crippen LogP contribution in [0.3, 0.4) is 0 Å². The quantitative estimate of drug-likeness (QED) is 0.747. The minimum Gasteiger partial charge on any atom is -0.390 e. The summed E-state index contributed by atoms with van der Waals surface area (Å²) in [6.45, 7) is 7.46. The lowest BCUT2D eigenvalue weighted by Gasteiger charge is -2.24. The molecule has 1 aromatic carbocycles. The molecule has 0 amide bonds. The minimum absolute atomic E-state index is 0.183. The van der Waals surface area contributed by atoms with E-state index in [-0.39, 0.29) is 6.42 Å². The third kappa shape index (κ3) is 6.12. The molecule has 108 valence electrons. The molecule has 2 nitrogen and oxygen atoms in total. The van der Waals surface area contributed by atoms with Gasteiger partial charge in [-0.1, -0.05) is 19.9 Å². The van der Waals surface area contributed by atoms with Gasteiger partial charge in [0.2, 0.25) is 0 Å². The van der Waals surface area contributed by atoms with Gasteiger partial charge in [-0.25, -0.2) is 8.78 Å². The monoisotopic (exact) mass is 271 g/mol. The zero-order chi connectivity index (χ0) is 14.5. The van der Waals surface area contributed by atoms with E-state index < -0.39 is 17.2 Å². The average Bonchev–Trinajstić information content (AvgIpc) is 2.28. The third-order valence-electron chi connectivity index (χ3n) is 2.98. The van der Waals surface area contributed by atoms with E-state index in [1.807, 2.05) is 0 Å². The summed E-state index contributed by atoms with van der Waals surface area (Å²) in [5.74, 6) is -0.644. The van der Waals surface area contributed by atoms with Crippen molar-refractivity contribution in [3.8, 4) is 0 Å². The predicted octanol–water partition coefficient (Wildman–Crippen LogP) is 2.89. The molecule has 0 fully saturated rings. The summed E-state index contributed by atoms with van der Waals surface area (Å²) in [5.41, 5.74) is -0.655. The number of nitrogens with one attached hydrogen (secondary N) is 1. The van der Waals surface area contributed by atoms with E-state index in [1.165, 1.54) is 12.1 Å². The van der Waals surface area contributed by atoms with Gasteiger partial charge in [0.1, 0.15) is 11.6 Å². The SMILES string of the molecule is CC(C)CNCCC(C)(O)Cc1ccc(F)cc1F. The molecule has 1 unspecified atom stereocenters. The van der Waals surface area contributed by atoms with Gasteiger partial charge in [0.05, 0.1) is 5.60 Å². The maximum atomic E-state index is 13.5. The van der Waals surface area contributed by atoms with E-state index in [9.17, 15) is 13.9 Å². The van der Waals surface area contributed by atoms with Gasteiger partial charge in [-0.05, 0) is 44.0 Å². The third-order valence-corrected chi connectivity index (χ3v) is 2.98. The van der Waals surface area contributed by atoms with Crippen molar-refractivity contribution in [1.82, 2.24) is 5.32 Å². The first-order valence-electron chi connectivity index (χ1n) is 6.67. The first-order valence-corrected chi connectivity index (χ1v) is 6.67. The molecule has 0 radical (unpaired) electrons. The van der Waals surface area contributed by atoms with Crippen LogP contribution in [0.1, 0.15) is 32.8 Å². The Morgan fingerprint density at radius 1 is 1.32 bits per heavy atom. The van der Waals surface area contributed by atoms with Crippen LogP contribution in [0, 0.1) is 17.6 Å². The number of aliphatic hydroxyl groups is 1. The molecule has 1 aromatic rings. The number of hydrogen-bond donors (Lipinski definition) is 2. The van der Waals surface area contributed by atoms with Gasteiger partial charge in [-0.15, -0.1) is 0 Å². The van der Waals surface area contributed by atoms with Gasteiger partial charge in [0.15, 0.2) is 0 Å². The molecule has 0 aliphatic carbocycles. The van der Waals surface area contributed by atoms with E-state index in [0.29, 0.717) is 24.4 Å². The minimum atomic E-state index is -0.997. The molecule has 1 rings (SSSR count). The lowest BCUT2D eigenvalue weighted by molar-refractivity contribution is 0.0505. The fourth-order valence-corrected chi connectivity index (χ4v) is 1.91. The van der Waals surface area contributed by atoms with Crippen molar-refractivity contribution in [2.75, 3.05) is 13.1 Å². The molecule has 2 N–H and O–H groups in total. The van der Waals surface area contributed by atoms with Crippen molar-refractivity contribution in [1.29, 1.82) is 0 Å². The zero-order valence-electron chi connectivity index (χ0n) is 11.8. The van der Waals surface area contributed by atoms with Crippen LogP contribution in [0.2, 0.25) is 0 Å².